The van der Waals surface area contributed by atoms with E-state index >= 15 is 0 Å². The third kappa shape index (κ3) is 5.41. The molecule has 240 valence electrons. The van der Waals surface area contributed by atoms with E-state index in [1.165, 1.54) is 54.9 Å². The number of aromatic hydroxyl groups is 1. The van der Waals surface area contributed by atoms with Crippen molar-refractivity contribution in [1.82, 2.24) is 0 Å². The highest BCUT2D eigenvalue weighted by Gasteiger charge is 2.40. The standard InChI is InChI=1S/C45H50OSi/c1-9-47(10-2,40-26-18-20-33-19-17-25-37(33)40)41-28-27-31(3)32(4)42(41)38-29-36(44(5,6)34-21-13-11-14-22-34)30-39(43(38)46)45(7,8)35-23-15-12-16-24-35/h11-18,20-30,46H,9-10,19H2,1-8H3. The van der Waals surface area contributed by atoms with Crippen molar-refractivity contribution >= 4 is 24.5 Å². The molecule has 0 bridgehead atoms. The van der Waals surface area contributed by atoms with Gasteiger partial charge in [0.25, 0.3) is 0 Å². The molecule has 0 aromatic heterocycles. The second-order valence-electron chi connectivity index (χ2n) is 14.6. The maximum absolute atomic E-state index is 12.7. The Kier molecular flexibility index (Phi) is 8.70. The van der Waals surface area contributed by atoms with Crippen LogP contribution in [0, 0.1) is 13.8 Å². The Balaban J connectivity index is 1.71. The third-order valence-corrected chi connectivity index (χ3v) is 16.9. The lowest BCUT2D eigenvalue weighted by molar-refractivity contribution is 0.453. The molecule has 0 amide bonds. The molecular weight excluding hydrogens is 585 g/mol. The van der Waals surface area contributed by atoms with E-state index in [9.17, 15) is 5.11 Å². The van der Waals surface area contributed by atoms with Gasteiger partial charge >= 0.3 is 0 Å². The molecule has 0 radical (unpaired) electrons. The summed E-state index contributed by atoms with van der Waals surface area (Å²) in [5.41, 5.74) is 11.5. The number of phenolic OH excluding ortho intramolecular Hbond substituents is 1. The highest BCUT2D eigenvalue weighted by molar-refractivity contribution is 7.03. The van der Waals surface area contributed by atoms with Crippen LogP contribution in [-0.2, 0) is 17.3 Å². The van der Waals surface area contributed by atoms with Gasteiger partial charge in [-0.25, -0.2) is 0 Å². The molecule has 1 aliphatic rings. The average Bonchev–Trinajstić information content (AvgIpc) is 3.58. The zero-order valence-corrected chi connectivity index (χ0v) is 30.5. The van der Waals surface area contributed by atoms with Crippen molar-refractivity contribution in [2.24, 2.45) is 0 Å². The van der Waals surface area contributed by atoms with Gasteiger partial charge in [0, 0.05) is 22.0 Å². The molecule has 1 nitrogen and oxygen atoms in total. The first kappa shape index (κ1) is 32.8. The Hall–Kier alpha value is -4.14. The van der Waals surface area contributed by atoms with Crippen LogP contribution in [0.25, 0.3) is 17.2 Å². The summed E-state index contributed by atoms with van der Waals surface area (Å²) >= 11 is 0. The van der Waals surface area contributed by atoms with Crippen LogP contribution in [0.5, 0.6) is 5.75 Å². The third-order valence-electron chi connectivity index (χ3n) is 11.6. The second kappa shape index (κ2) is 12.5. The fraction of sp³-hybridized carbons (Fsp3) is 0.289. The van der Waals surface area contributed by atoms with Crippen LogP contribution in [0.3, 0.4) is 0 Å². The van der Waals surface area contributed by atoms with E-state index in [2.05, 4.69) is 171 Å². The number of hydrogen-bond acceptors (Lipinski definition) is 1. The number of allylic oxidation sites excluding steroid dienone is 1. The summed E-state index contributed by atoms with van der Waals surface area (Å²) in [6.45, 7) is 18.4. The molecular formula is C45H50OSi. The number of aryl methyl sites for hydroxylation is 1. The van der Waals surface area contributed by atoms with Crippen LogP contribution in [0.2, 0.25) is 12.1 Å². The molecule has 0 spiro atoms. The van der Waals surface area contributed by atoms with E-state index in [-0.39, 0.29) is 5.41 Å². The summed E-state index contributed by atoms with van der Waals surface area (Å²) in [6.07, 6.45) is 5.69. The molecule has 6 rings (SSSR count). The van der Waals surface area contributed by atoms with Gasteiger partial charge in [0.1, 0.15) is 13.8 Å². The number of rotatable bonds is 9. The number of hydrogen-bond donors (Lipinski definition) is 1. The van der Waals surface area contributed by atoms with Crippen molar-refractivity contribution in [1.29, 1.82) is 0 Å². The summed E-state index contributed by atoms with van der Waals surface area (Å²) in [6, 6.07) is 40.0. The van der Waals surface area contributed by atoms with Gasteiger partial charge in [0.2, 0.25) is 0 Å². The van der Waals surface area contributed by atoms with Crippen molar-refractivity contribution in [2.45, 2.75) is 84.7 Å². The van der Waals surface area contributed by atoms with Crippen molar-refractivity contribution in [3.63, 3.8) is 0 Å². The first-order valence-electron chi connectivity index (χ1n) is 17.4. The van der Waals surface area contributed by atoms with Gasteiger partial charge in [-0.3, -0.25) is 0 Å². The molecule has 5 aromatic carbocycles. The molecule has 0 heterocycles. The molecule has 1 N–H and O–H groups in total. The maximum atomic E-state index is 12.7. The summed E-state index contributed by atoms with van der Waals surface area (Å²) < 4.78 is 0. The Bertz CT molecular complexity index is 1940. The van der Waals surface area contributed by atoms with Crippen molar-refractivity contribution < 1.29 is 5.11 Å². The summed E-state index contributed by atoms with van der Waals surface area (Å²) in [5, 5.41) is 15.6. The number of benzene rings is 5. The summed E-state index contributed by atoms with van der Waals surface area (Å²) in [7, 11) is -2.27. The Morgan fingerprint density at radius 2 is 1.28 bits per heavy atom. The fourth-order valence-corrected chi connectivity index (χ4v) is 12.8. The van der Waals surface area contributed by atoms with E-state index in [0.29, 0.717) is 5.75 Å². The minimum absolute atomic E-state index is 0.280. The minimum Gasteiger partial charge on any atom is -0.507 e. The molecule has 0 fully saturated rings. The lowest BCUT2D eigenvalue weighted by atomic mass is 9.71. The van der Waals surface area contributed by atoms with E-state index < -0.39 is 13.5 Å². The van der Waals surface area contributed by atoms with Crippen LogP contribution >= 0.6 is 0 Å². The number of fused-ring (bicyclic) bond motifs is 1. The van der Waals surface area contributed by atoms with Gasteiger partial charge in [0.15, 0.2) is 0 Å². The van der Waals surface area contributed by atoms with Crippen molar-refractivity contribution in [3.8, 4) is 16.9 Å². The molecule has 0 unspecified atom stereocenters. The van der Waals surface area contributed by atoms with Crippen LogP contribution in [0.1, 0.15) is 86.1 Å². The largest absolute Gasteiger partial charge is 0.507 e. The zero-order valence-electron chi connectivity index (χ0n) is 29.5. The highest BCUT2D eigenvalue weighted by Crippen LogP contribution is 2.47. The molecule has 1 aliphatic carbocycles. The van der Waals surface area contributed by atoms with Gasteiger partial charge in [-0.2, -0.15) is 0 Å². The molecule has 0 atom stereocenters. The molecule has 5 aromatic rings. The number of phenols is 1. The van der Waals surface area contributed by atoms with E-state index in [4.69, 9.17) is 0 Å². The SMILES string of the molecule is CC[Si](CC)(c1cccc2c1C=CC2)c1ccc(C)c(C)c1-c1cc(C(C)(C)c2ccccc2)cc(C(C)(C)c2ccccc2)c1O. The van der Waals surface area contributed by atoms with Gasteiger partial charge < -0.3 is 5.11 Å². The van der Waals surface area contributed by atoms with Gasteiger partial charge in [-0.1, -0.05) is 163 Å². The Morgan fingerprint density at radius 3 is 1.89 bits per heavy atom. The molecule has 47 heavy (non-hydrogen) atoms. The first-order chi connectivity index (χ1) is 22.5. The maximum Gasteiger partial charge on any atom is 0.127 e. The summed E-state index contributed by atoms with van der Waals surface area (Å²) in [5.74, 6) is 0.398. The van der Waals surface area contributed by atoms with Crippen molar-refractivity contribution in [3.05, 3.63) is 154 Å². The zero-order chi connectivity index (χ0) is 33.6. The van der Waals surface area contributed by atoms with Gasteiger partial charge in [-0.15, -0.1) is 0 Å². The lowest BCUT2D eigenvalue weighted by Crippen LogP contribution is -2.59. The first-order valence-corrected chi connectivity index (χ1v) is 19.8. The Morgan fingerprint density at radius 1 is 0.660 bits per heavy atom. The predicted molar refractivity (Wildman–Crippen MR) is 205 cm³/mol. The molecule has 2 heteroatoms. The Labute approximate surface area is 284 Å². The second-order valence-corrected chi connectivity index (χ2v) is 19.3. The van der Waals surface area contributed by atoms with E-state index in [1.54, 1.807) is 0 Å². The topological polar surface area (TPSA) is 20.2 Å². The van der Waals surface area contributed by atoms with Crippen molar-refractivity contribution in [2.75, 3.05) is 0 Å². The smallest absolute Gasteiger partial charge is 0.127 e. The van der Waals surface area contributed by atoms with E-state index in [0.717, 1.165) is 29.6 Å². The van der Waals surface area contributed by atoms with Crippen LogP contribution in [0.4, 0.5) is 0 Å². The summed E-state index contributed by atoms with van der Waals surface area (Å²) in [4.78, 5) is 0. The highest BCUT2D eigenvalue weighted by atomic mass is 28.3. The van der Waals surface area contributed by atoms with Gasteiger partial charge in [-0.05, 0) is 81.2 Å². The normalized spacial score (nSPS) is 13.2. The average molecular weight is 635 g/mol. The lowest BCUT2D eigenvalue weighted by Gasteiger charge is -2.37. The fourth-order valence-electron chi connectivity index (χ4n) is 8.12. The molecule has 0 saturated heterocycles. The van der Waals surface area contributed by atoms with Crippen LogP contribution in [-0.4, -0.2) is 13.2 Å². The van der Waals surface area contributed by atoms with Crippen LogP contribution < -0.4 is 10.4 Å². The molecule has 0 saturated carbocycles. The quantitative estimate of drug-likeness (QED) is 0.160. The van der Waals surface area contributed by atoms with E-state index in [1.807, 2.05) is 0 Å². The predicted octanol–water partition coefficient (Wildman–Crippen LogP) is 10.5. The monoisotopic (exact) mass is 634 g/mol. The minimum atomic E-state index is -2.27. The molecule has 0 aliphatic heterocycles. The van der Waals surface area contributed by atoms with Crippen LogP contribution in [0.15, 0.2) is 109 Å². The van der Waals surface area contributed by atoms with Gasteiger partial charge in [0.05, 0.1) is 0 Å².